The highest BCUT2D eigenvalue weighted by Crippen LogP contribution is 2.25. The Labute approximate surface area is 324 Å². The van der Waals surface area contributed by atoms with Crippen LogP contribution < -0.4 is 31.1 Å². The maximum Gasteiger partial charge on any atom is 0.236 e. The van der Waals surface area contributed by atoms with Crippen LogP contribution in [0.1, 0.15) is 38.8 Å². The summed E-state index contributed by atoms with van der Waals surface area (Å²) in [7, 11) is 0. The second kappa shape index (κ2) is 18.1. The topological polar surface area (TPSA) is 213 Å². The van der Waals surface area contributed by atoms with Gasteiger partial charge < -0.3 is 41.7 Å². The van der Waals surface area contributed by atoms with Crippen LogP contribution in [0.25, 0.3) is 12.2 Å². The third kappa shape index (κ3) is 10.5. The van der Waals surface area contributed by atoms with Gasteiger partial charge in [0.05, 0.1) is 0 Å². The fourth-order valence-electron chi connectivity index (χ4n) is 5.58. The summed E-state index contributed by atoms with van der Waals surface area (Å²) in [5.41, 5.74) is 4.86. The van der Waals surface area contributed by atoms with E-state index >= 15 is 0 Å². The number of hydrogen-bond acceptors (Lipinski definition) is 16. The summed E-state index contributed by atoms with van der Waals surface area (Å²) in [6.07, 6.45) is -0.263. The second-order valence-corrected chi connectivity index (χ2v) is 12.7. The zero-order valence-corrected chi connectivity index (χ0v) is 31.2. The Morgan fingerprint density at radius 2 is 0.661 bits per heavy atom. The Bertz CT molecular complexity index is 2020. The molecule has 0 saturated carbocycles. The number of hydrogen-bond donors (Lipinski definition) is 8. The normalized spacial score (nSPS) is 13.4. The molecule has 4 aromatic carbocycles. The average Bonchev–Trinajstić information content (AvgIpc) is 3.15. The molecule has 8 N–H and O–H groups in total. The molecule has 288 valence electrons. The van der Waals surface area contributed by atoms with Gasteiger partial charge in [0.2, 0.25) is 35.7 Å². The summed E-state index contributed by atoms with van der Waals surface area (Å²) < 4.78 is 0. The predicted molar refractivity (Wildman–Crippen MR) is 219 cm³/mol. The lowest BCUT2D eigenvalue weighted by atomic mass is 10.1. The summed E-state index contributed by atoms with van der Waals surface area (Å²) in [6, 6.07) is 34.2. The van der Waals surface area contributed by atoms with Gasteiger partial charge in [-0.25, -0.2) is 0 Å². The molecule has 6 aromatic rings. The number of anilines is 10. The largest absolute Gasteiger partial charge is 0.374 e. The first-order valence-corrected chi connectivity index (χ1v) is 17.9. The van der Waals surface area contributed by atoms with Gasteiger partial charge >= 0.3 is 0 Å². The maximum atomic E-state index is 10.3. The molecular weight excluding hydrogens is 713 g/mol. The number of nitrogens with one attached hydrogen (secondary N) is 4. The molecule has 0 radical (unpaired) electrons. The minimum Gasteiger partial charge on any atom is -0.374 e. The molecule has 4 atom stereocenters. The van der Waals surface area contributed by atoms with Gasteiger partial charge in [-0.1, -0.05) is 72.8 Å². The molecule has 0 aliphatic carbocycles. The van der Waals surface area contributed by atoms with Crippen LogP contribution >= 0.6 is 0 Å². The minimum absolute atomic E-state index is 0.0916. The van der Waals surface area contributed by atoms with Crippen molar-refractivity contribution in [2.24, 2.45) is 0 Å². The molecule has 0 fully saturated rings. The zero-order chi connectivity index (χ0) is 39.6. The fraction of sp³-hybridized carbons (Fsp3) is 0.200. The Kier molecular flexibility index (Phi) is 12.6. The molecule has 0 aliphatic heterocycles. The summed E-state index contributed by atoms with van der Waals surface area (Å²) in [6.45, 7) is 6.08. The Hall–Kier alpha value is -6.72. The molecule has 2 heterocycles. The first kappa shape index (κ1) is 39.0. The number of benzene rings is 4. The van der Waals surface area contributed by atoms with Crippen molar-refractivity contribution in [2.75, 3.05) is 31.1 Å². The monoisotopic (exact) mass is 756 g/mol. The number of aromatic nitrogens is 6. The zero-order valence-electron chi connectivity index (χ0n) is 31.2. The molecule has 56 heavy (non-hydrogen) atoms. The van der Waals surface area contributed by atoms with Crippen molar-refractivity contribution in [1.82, 2.24) is 29.9 Å². The van der Waals surface area contributed by atoms with E-state index in [1.165, 1.54) is 37.5 Å². The van der Waals surface area contributed by atoms with Gasteiger partial charge in [0, 0.05) is 22.7 Å². The summed E-state index contributed by atoms with van der Waals surface area (Å²) >= 11 is 0. The van der Waals surface area contributed by atoms with E-state index in [2.05, 4.69) is 51.2 Å². The van der Waals surface area contributed by atoms with Gasteiger partial charge in [0.15, 0.2) is 0 Å². The first-order chi connectivity index (χ1) is 27.0. The fourth-order valence-corrected chi connectivity index (χ4v) is 5.58. The first-order valence-electron chi connectivity index (χ1n) is 17.9. The molecule has 16 nitrogen and oxygen atoms in total. The maximum absolute atomic E-state index is 10.3. The van der Waals surface area contributed by atoms with Gasteiger partial charge in [-0.2, -0.15) is 29.9 Å². The standard InChI is InChI=1S/C40H44N12O4/c1-25(53)51(26(2)54)39-47-35(41-31-11-7-5-8-12-31)45-37(49-39)43-33-21-17-29(18-22-33)15-16-30-19-23-34(24-20-30)44-38-46-36(42-32-13-9-6-10-14-32)48-40(50-38)52(27(3)55)28(4)56/h5-28,53-56H,1-4H3,(H2,41,43,45,47,49)(H2,42,44,46,48,50). The molecule has 6 rings (SSSR count). The van der Waals surface area contributed by atoms with Crippen LogP contribution in [0.15, 0.2) is 109 Å². The molecular formula is C40H44N12O4. The number of aliphatic hydroxyl groups is 4. The van der Waals surface area contributed by atoms with Crippen LogP contribution in [0, 0.1) is 0 Å². The molecule has 0 aliphatic rings. The number of aliphatic hydroxyl groups excluding tert-OH is 4. The van der Waals surface area contributed by atoms with E-state index in [1.54, 1.807) is 0 Å². The smallest absolute Gasteiger partial charge is 0.236 e. The van der Waals surface area contributed by atoms with Gasteiger partial charge in [0.1, 0.15) is 24.9 Å². The van der Waals surface area contributed by atoms with Gasteiger partial charge in [0.25, 0.3) is 0 Å². The third-order valence-corrected chi connectivity index (χ3v) is 8.18. The van der Waals surface area contributed by atoms with Crippen LogP contribution in [0.4, 0.5) is 58.4 Å². The third-order valence-electron chi connectivity index (χ3n) is 8.18. The van der Waals surface area contributed by atoms with E-state index in [9.17, 15) is 20.4 Å². The highest BCUT2D eigenvalue weighted by atomic mass is 16.3. The summed E-state index contributed by atoms with van der Waals surface area (Å²) in [4.78, 5) is 29.4. The Morgan fingerprint density at radius 1 is 0.393 bits per heavy atom. The van der Waals surface area contributed by atoms with Gasteiger partial charge in [-0.15, -0.1) is 0 Å². The Balaban J connectivity index is 1.14. The lowest BCUT2D eigenvalue weighted by Gasteiger charge is -2.28. The van der Waals surface area contributed by atoms with Crippen LogP contribution in [-0.4, -0.2) is 75.2 Å². The number of nitrogens with zero attached hydrogens (tertiary/aromatic N) is 8. The van der Waals surface area contributed by atoms with E-state index in [1.807, 2.05) is 121 Å². The number of rotatable bonds is 16. The highest BCUT2D eigenvalue weighted by molar-refractivity contribution is 5.72. The van der Waals surface area contributed by atoms with Crippen LogP contribution in [0.2, 0.25) is 0 Å². The molecule has 0 spiro atoms. The van der Waals surface area contributed by atoms with E-state index < -0.39 is 24.9 Å². The van der Waals surface area contributed by atoms with E-state index in [-0.39, 0.29) is 35.7 Å². The molecule has 4 unspecified atom stereocenters. The van der Waals surface area contributed by atoms with Crippen molar-refractivity contribution < 1.29 is 20.4 Å². The molecule has 0 amide bonds. The molecule has 2 aromatic heterocycles. The van der Waals surface area contributed by atoms with Crippen molar-refractivity contribution in [3.8, 4) is 0 Å². The van der Waals surface area contributed by atoms with Crippen molar-refractivity contribution in [2.45, 2.75) is 52.6 Å². The van der Waals surface area contributed by atoms with E-state index in [0.717, 1.165) is 33.9 Å². The number of para-hydroxylation sites is 2. The summed E-state index contributed by atoms with van der Waals surface area (Å²) in [5, 5.41) is 54.0. The predicted octanol–water partition coefficient (Wildman–Crippen LogP) is 6.17. The average molecular weight is 757 g/mol. The van der Waals surface area contributed by atoms with Crippen molar-refractivity contribution >= 4 is 70.6 Å². The summed E-state index contributed by atoms with van der Waals surface area (Å²) in [5.74, 6) is 1.09. The quantitative estimate of drug-likeness (QED) is 0.0410. The van der Waals surface area contributed by atoms with E-state index in [0.29, 0.717) is 0 Å². The van der Waals surface area contributed by atoms with Crippen LogP contribution in [0.5, 0.6) is 0 Å². The van der Waals surface area contributed by atoms with E-state index in [4.69, 9.17) is 0 Å². The minimum atomic E-state index is -1.06. The highest BCUT2D eigenvalue weighted by Gasteiger charge is 2.23. The lowest BCUT2D eigenvalue weighted by Crippen LogP contribution is -2.41. The second-order valence-electron chi connectivity index (χ2n) is 12.7. The van der Waals surface area contributed by atoms with Crippen LogP contribution in [-0.2, 0) is 0 Å². The van der Waals surface area contributed by atoms with Crippen molar-refractivity contribution in [3.05, 3.63) is 120 Å². The van der Waals surface area contributed by atoms with Gasteiger partial charge in [-0.05, 0) is 87.4 Å². The van der Waals surface area contributed by atoms with Crippen molar-refractivity contribution in [3.63, 3.8) is 0 Å². The van der Waals surface area contributed by atoms with Crippen molar-refractivity contribution in [1.29, 1.82) is 0 Å². The molecule has 16 heteroatoms. The Morgan fingerprint density at radius 3 is 0.929 bits per heavy atom. The van der Waals surface area contributed by atoms with Crippen LogP contribution in [0.3, 0.4) is 0 Å². The SMILES string of the molecule is CC(O)N(c1nc(Nc2ccccc2)nc(Nc2ccc(C=Cc3ccc(Nc4nc(Nc5ccccc5)nc(N(C(C)O)C(C)O)n4)cc3)cc2)n1)C(C)O. The lowest BCUT2D eigenvalue weighted by molar-refractivity contribution is 0.102. The van der Waals surface area contributed by atoms with Gasteiger partial charge in [-0.3, -0.25) is 9.80 Å². The molecule has 0 bridgehead atoms. The molecule has 0 saturated heterocycles.